The Hall–Kier alpha value is -0.910. The highest BCUT2D eigenvalue weighted by atomic mass is 79.9. The summed E-state index contributed by atoms with van der Waals surface area (Å²) in [7, 11) is 0. The largest absolute Gasteiger partial charge is 0.378 e. The molecule has 0 aromatic heterocycles. The Morgan fingerprint density at radius 3 is 2.52 bits per heavy atom. The van der Waals surface area contributed by atoms with Crippen molar-refractivity contribution in [2.45, 2.75) is 32.4 Å². The molecule has 0 spiro atoms. The Kier molecular flexibility index (Phi) is 6.21. The first-order chi connectivity index (χ1) is 10.1. The first-order valence-corrected chi connectivity index (χ1v) is 8.29. The Morgan fingerprint density at radius 1 is 1.33 bits per heavy atom. The number of rotatable bonds is 5. The van der Waals surface area contributed by atoms with Crippen LogP contribution in [0.1, 0.15) is 31.9 Å². The summed E-state index contributed by atoms with van der Waals surface area (Å²) < 4.78 is 6.36. The van der Waals surface area contributed by atoms with E-state index in [0.717, 1.165) is 10.9 Å². The first-order valence-electron chi connectivity index (χ1n) is 7.50. The number of hydrogen-bond acceptors (Lipinski definition) is 3. The predicted molar refractivity (Wildman–Crippen MR) is 87.2 cm³/mol. The van der Waals surface area contributed by atoms with Crippen molar-refractivity contribution < 1.29 is 9.53 Å². The van der Waals surface area contributed by atoms with Gasteiger partial charge in [0.25, 0.3) is 0 Å². The number of benzene rings is 1. The normalized spacial score (nSPS) is 18.3. The van der Waals surface area contributed by atoms with E-state index in [9.17, 15) is 4.79 Å². The average Bonchev–Trinajstić information content (AvgIpc) is 2.53. The number of hydrogen-bond donors (Lipinski definition) is 1. The van der Waals surface area contributed by atoms with Crippen molar-refractivity contribution in [2.75, 3.05) is 26.3 Å². The molecule has 0 bridgehead atoms. The molecule has 21 heavy (non-hydrogen) atoms. The molecule has 2 unspecified atom stereocenters. The van der Waals surface area contributed by atoms with Crippen molar-refractivity contribution in [3.63, 3.8) is 0 Å². The molecule has 5 heteroatoms. The molecule has 0 aliphatic carbocycles. The maximum Gasteiger partial charge on any atom is 0.239 e. The quantitative estimate of drug-likeness (QED) is 0.883. The molecule has 1 aromatic carbocycles. The fourth-order valence-corrected chi connectivity index (χ4v) is 2.84. The molecule has 1 heterocycles. The van der Waals surface area contributed by atoms with Crippen LogP contribution in [-0.4, -0.2) is 43.2 Å². The summed E-state index contributed by atoms with van der Waals surface area (Å²) in [6, 6.07) is 8.27. The van der Waals surface area contributed by atoms with E-state index in [1.54, 1.807) is 0 Å². The van der Waals surface area contributed by atoms with E-state index in [-0.39, 0.29) is 18.0 Å². The molecule has 0 radical (unpaired) electrons. The lowest BCUT2D eigenvalue weighted by Gasteiger charge is -2.31. The van der Waals surface area contributed by atoms with Gasteiger partial charge in [-0.3, -0.25) is 10.1 Å². The van der Waals surface area contributed by atoms with Gasteiger partial charge in [0.1, 0.15) is 0 Å². The van der Waals surface area contributed by atoms with Crippen LogP contribution in [0.2, 0.25) is 0 Å². The number of carbonyl (C=O) groups excluding carboxylic acids is 1. The fourth-order valence-electron chi connectivity index (χ4n) is 2.58. The zero-order valence-electron chi connectivity index (χ0n) is 12.6. The number of ether oxygens (including phenoxy) is 1. The van der Waals surface area contributed by atoms with Crippen molar-refractivity contribution >= 4 is 21.8 Å². The molecule has 0 saturated carbocycles. The standard InChI is InChI=1S/C16H23BrN2O2/c1-3-15(13-4-6-14(17)7-5-13)18-12(2)16(20)19-8-10-21-11-9-19/h4-7,12,15,18H,3,8-11H2,1-2H3. The third kappa shape index (κ3) is 4.53. The number of morpholine rings is 1. The molecule has 1 amide bonds. The SMILES string of the molecule is CCC(NC(C)C(=O)N1CCOCC1)c1ccc(Br)cc1. The Labute approximate surface area is 135 Å². The molecule has 1 fully saturated rings. The van der Waals surface area contributed by atoms with Gasteiger partial charge in [-0.25, -0.2) is 0 Å². The van der Waals surface area contributed by atoms with Gasteiger partial charge in [-0.2, -0.15) is 0 Å². The van der Waals surface area contributed by atoms with E-state index in [1.807, 2.05) is 24.0 Å². The monoisotopic (exact) mass is 354 g/mol. The van der Waals surface area contributed by atoms with Gasteiger partial charge in [0.2, 0.25) is 5.91 Å². The van der Waals surface area contributed by atoms with E-state index >= 15 is 0 Å². The second kappa shape index (κ2) is 7.92. The van der Waals surface area contributed by atoms with Gasteiger partial charge in [0.05, 0.1) is 19.3 Å². The van der Waals surface area contributed by atoms with Gasteiger partial charge in [0.15, 0.2) is 0 Å². The summed E-state index contributed by atoms with van der Waals surface area (Å²) >= 11 is 3.45. The minimum Gasteiger partial charge on any atom is -0.378 e. The lowest BCUT2D eigenvalue weighted by atomic mass is 10.0. The zero-order chi connectivity index (χ0) is 15.2. The summed E-state index contributed by atoms with van der Waals surface area (Å²) in [6.45, 7) is 6.75. The van der Waals surface area contributed by atoms with E-state index in [1.165, 1.54) is 5.56 Å². The molecular formula is C16H23BrN2O2. The Bertz CT molecular complexity index is 458. The molecular weight excluding hydrogens is 332 g/mol. The summed E-state index contributed by atoms with van der Waals surface area (Å²) in [5, 5.41) is 3.45. The Balaban J connectivity index is 1.96. The molecule has 2 atom stereocenters. The van der Waals surface area contributed by atoms with Gasteiger partial charge in [-0.1, -0.05) is 35.0 Å². The summed E-state index contributed by atoms with van der Waals surface area (Å²) in [5.74, 6) is 0.161. The molecule has 1 saturated heterocycles. The third-order valence-corrected chi connectivity index (χ3v) is 4.35. The maximum absolute atomic E-state index is 12.4. The molecule has 116 valence electrons. The van der Waals surface area contributed by atoms with E-state index in [2.05, 4.69) is 40.3 Å². The number of nitrogens with one attached hydrogen (secondary N) is 1. The molecule has 2 rings (SSSR count). The van der Waals surface area contributed by atoms with Crippen molar-refractivity contribution in [3.8, 4) is 0 Å². The molecule has 1 N–H and O–H groups in total. The van der Waals surface area contributed by atoms with Crippen LogP contribution in [0.15, 0.2) is 28.7 Å². The lowest BCUT2D eigenvalue weighted by Crippen LogP contribution is -2.49. The van der Waals surface area contributed by atoms with Gasteiger partial charge in [-0.05, 0) is 31.0 Å². The number of halogens is 1. The van der Waals surface area contributed by atoms with Crippen molar-refractivity contribution in [3.05, 3.63) is 34.3 Å². The number of amides is 1. The molecule has 1 aliphatic rings. The second-order valence-electron chi connectivity index (χ2n) is 5.34. The number of nitrogens with zero attached hydrogens (tertiary/aromatic N) is 1. The van der Waals surface area contributed by atoms with E-state index in [4.69, 9.17) is 4.74 Å². The predicted octanol–water partition coefficient (Wildman–Crippen LogP) is 2.74. The smallest absolute Gasteiger partial charge is 0.239 e. The van der Waals surface area contributed by atoms with Gasteiger partial charge in [0, 0.05) is 23.6 Å². The maximum atomic E-state index is 12.4. The topological polar surface area (TPSA) is 41.6 Å². The molecule has 4 nitrogen and oxygen atoms in total. The first kappa shape index (κ1) is 16.5. The van der Waals surface area contributed by atoms with Crippen molar-refractivity contribution in [2.24, 2.45) is 0 Å². The lowest BCUT2D eigenvalue weighted by molar-refractivity contribution is -0.137. The molecule has 1 aliphatic heterocycles. The van der Waals surface area contributed by atoms with Crippen molar-refractivity contribution in [1.82, 2.24) is 10.2 Å². The van der Waals surface area contributed by atoms with Crippen LogP contribution in [0.25, 0.3) is 0 Å². The highest BCUT2D eigenvalue weighted by Gasteiger charge is 2.24. The van der Waals surface area contributed by atoms with Crippen molar-refractivity contribution in [1.29, 1.82) is 0 Å². The van der Waals surface area contributed by atoms with E-state index in [0.29, 0.717) is 26.3 Å². The van der Waals surface area contributed by atoms with Crippen LogP contribution in [0, 0.1) is 0 Å². The van der Waals surface area contributed by atoms with Crippen LogP contribution in [0.4, 0.5) is 0 Å². The van der Waals surface area contributed by atoms with Gasteiger partial charge in [-0.15, -0.1) is 0 Å². The Morgan fingerprint density at radius 2 is 1.95 bits per heavy atom. The summed E-state index contributed by atoms with van der Waals surface area (Å²) in [4.78, 5) is 14.3. The third-order valence-electron chi connectivity index (χ3n) is 3.82. The highest BCUT2D eigenvalue weighted by Crippen LogP contribution is 2.20. The van der Waals surface area contributed by atoms with Crippen LogP contribution in [0.5, 0.6) is 0 Å². The van der Waals surface area contributed by atoms with Crippen LogP contribution < -0.4 is 5.32 Å². The summed E-state index contributed by atoms with van der Waals surface area (Å²) in [6.07, 6.45) is 0.947. The minimum absolute atomic E-state index is 0.161. The van der Waals surface area contributed by atoms with Crippen LogP contribution in [0.3, 0.4) is 0 Å². The van der Waals surface area contributed by atoms with E-state index < -0.39 is 0 Å². The zero-order valence-corrected chi connectivity index (χ0v) is 14.2. The molecule has 1 aromatic rings. The van der Waals surface area contributed by atoms with Gasteiger partial charge >= 0.3 is 0 Å². The van der Waals surface area contributed by atoms with Crippen LogP contribution >= 0.6 is 15.9 Å². The second-order valence-corrected chi connectivity index (χ2v) is 6.25. The average molecular weight is 355 g/mol. The van der Waals surface area contributed by atoms with Crippen LogP contribution in [-0.2, 0) is 9.53 Å². The fraction of sp³-hybridized carbons (Fsp3) is 0.562. The minimum atomic E-state index is -0.184. The van der Waals surface area contributed by atoms with Gasteiger partial charge < -0.3 is 9.64 Å². The highest BCUT2D eigenvalue weighted by molar-refractivity contribution is 9.10. The number of carbonyl (C=O) groups is 1. The summed E-state index contributed by atoms with van der Waals surface area (Å²) in [5.41, 5.74) is 1.21.